The van der Waals surface area contributed by atoms with E-state index in [2.05, 4.69) is 6.07 Å². The van der Waals surface area contributed by atoms with Crippen LogP contribution in [0.5, 0.6) is 5.75 Å². The lowest BCUT2D eigenvalue weighted by Crippen LogP contribution is -2.48. The average Bonchev–Trinajstić information content (AvgIpc) is 2.72. The third kappa shape index (κ3) is 1.85. The molecular formula is C14H16N2O3. The van der Waals surface area contributed by atoms with Gasteiger partial charge in [-0.15, -0.1) is 0 Å². The Labute approximate surface area is 112 Å². The fraction of sp³-hybridized carbons (Fsp3) is 0.429. The molecule has 1 aliphatic heterocycles. The Kier molecular flexibility index (Phi) is 3.21. The Morgan fingerprint density at radius 2 is 2.21 bits per heavy atom. The standard InChI is InChI=1S/C14H16N2O3/c1-14(2,8-17)16-10(7-15)9-5-4-6-11(19-3)12(9)13(16)18/h4-6,10,17H,8H2,1-3H3. The number of carbonyl (C=O) groups excluding carboxylic acids is 1. The van der Waals surface area contributed by atoms with E-state index in [0.717, 1.165) is 0 Å². The molecule has 0 radical (unpaired) electrons. The number of rotatable bonds is 3. The predicted molar refractivity (Wildman–Crippen MR) is 68.7 cm³/mol. The van der Waals surface area contributed by atoms with E-state index in [1.54, 1.807) is 32.0 Å². The molecule has 1 heterocycles. The van der Waals surface area contributed by atoms with Gasteiger partial charge in [-0.2, -0.15) is 5.26 Å². The van der Waals surface area contributed by atoms with E-state index in [1.165, 1.54) is 12.0 Å². The van der Waals surface area contributed by atoms with Gasteiger partial charge in [0, 0.05) is 5.56 Å². The number of methoxy groups -OCH3 is 1. The van der Waals surface area contributed by atoms with Crippen molar-refractivity contribution in [2.24, 2.45) is 0 Å². The zero-order valence-electron chi connectivity index (χ0n) is 11.2. The van der Waals surface area contributed by atoms with Crippen LogP contribution in [0.2, 0.25) is 0 Å². The fourth-order valence-corrected chi connectivity index (χ4v) is 2.38. The Morgan fingerprint density at radius 1 is 1.53 bits per heavy atom. The quantitative estimate of drug-likeness (QED) is 0.893. The number of hydrogen-bond donors (Lipinski definition) is 1. The van der Waals surface area contributed by atoms with Gasteiger partial charge < -0.3 is 14.7 Å². The first-order chi connectivity index (χ1) is 8.97. The topological polar surface area (TPSA) is 73.6 Å². The number of carbonyl (C=O) groups is 1. The lowest BCUT2D eigenvalue weighted by atomic mass is 10.0. The molecule has 0 fully saturated rings. The highest BCUT2D eigenvalue weighted by Gasteiger charge is 2.45. The first-order valence-electron chi connectivity index (χ1n) is 5.99. The summed E-state index contributed by atoms with van der Waals surface area (Å²) >= 11 is 0. The van der Waals surface area contributed by atoms with E-state index in [9.17, 15) is 15.2 Å². The lowest BCUT2D eigenvalue weighted by molar-refractivity contribution is 0.0336. The summed E-state index contributed by atoms with van der Waals surface area (Å²) in [5.41, 5.74) is 0.244. The molecule has 5 heteroatoms. The van der Waals surface area contributed by atoms with Crippen molar-refractivity contribution >= 4 is 5.91 Å². The number of benzene rings is 1. The summed E-state index contributed by atoms with van der Waals surface area (Å²) in [6.07, 6.45) is 0. The monoisotopic (exact) mass is 260 g/mol. The summed E-state index contributed by atoms with van der Waals surface area (Å²) < 4.78 is 5.20. The molecule has 1 atom stereocenters. The molecule has 1 aliphatic rings. The smallest absolute Gasteiger partial charge is 0.259 e. The molecule has 0 bridgehead atoms. The van der Waals surface area contributed by atoms with Gasteiger partial charge in [0.05, 0.1) is 30.9 Å². The highest BCUT2D eigenvalue weighted by Crippen LogP contribution is 2.41. The number of hydrogen-bond acceptors (Lipinski definition) is 4. The highest BCUT2D eigenvalue weighted by atomic mass is 16.5. The van der Waals surface area contributed by atoms with E-state index >= 15 is 0 Å². The van der Waals surface area contributed by atoms with Crippen LogP contribution in [0.25, 0.3) is 0 Å². The number of ether oxygens (including phenoxy) is 1. The molecule has 0 spiro atoms. The van der Waals surface area contributed by atoms with Crippen molar-refractivity contribution in [3.8, 4) is 11.8 Å². The van der Waals surface area contributed by atoms with Crippen LogP contribution >= 0.6 is 0 Å². The summed E-state index contributed by atoms with van der Waals surface area (Å²) in [6.45, 7) is 3.24. The molecule has 5 nitrogen and oxygen atoms in total. The van der Waals surface area contributed by atoms with E-state index in [4.69, 9.17) is 4.74 Å². The number of aliphatic hydroxyl groups excluding tert-OH is 1. The van der Waals surface area contributed by atoms with Crippen molar-refractivity contribution in [1.82, 2.24) is 4.90 Å². The van der Waals surface area contributed by atoms with Crippen LogP contribution in [-0.4, -0.2) is 35.2 Å². The number of aliphatic hydroxyl groups is 1. The second-order valence-electron chi connectivity index (χ2n) is 5.10. The molecule has 19 heavy (non-hydrogen) atoms. The van der Waals surface area contributed by atoms with Gasteiger partial charge in [0.15, 0.2) is 0 Å². The lowest BCUT2D eigenvalue weighted by Gasteiger charge is -2.36. The third-order valence-corrected chi connectivity index (χ3v) is 3.43. The van der Waals surface area contributed by atoms with Crippen molar-refractivity contribution in [2.45, 2.75) is 25.4 Å². The van der Waals surface area contributed by atoms with Crippen LogP contribution in [0.15, 0.2) is 18.2 Å². The normalized spacial score (nSPS) is 18.2. The second kappa shape index (κ2) is 4.56. The molecule has 1 unspecified atom stereocenters. The number of amides is 1. The van der Waals surface area contributed by atoms with Crippen LogP contribution in [0.3, 0.4) is 0 Å². The van der Waals surface area contributed by atoms with Crippen molar-refractivity contribution in [3.63, 3.8) is 0 Å². The van der Waals surface area contributed by atoms with Gasteiger partial charge in [0.25, 0.3) is 5.91 Å². The molecule has 0 saturated carbocycles. The van der Waals surface area contributed by atoms with Crippen molar-refractivity contribution < 1.29 is 14.6 Å². The van der Waals surface area contributed by atoms with Crippen LogP contribution < -0.4 is 4.74 Å². The summed E-state index contributed by atoms with van der Waals surface area (Å²) in [7, 11) is 1.49. The summed E-state index contributed by atoms with van der Waals surface area (Å²) in [4.78, 5) is 14.0. The molecular weight excluding hydrogens is 244 g/mol. The SMILES string of the molecule is COc1cccc2c1C(=O)N(C(C)(C)CO)C2C#N. The molecule has 1 N–H and O–H groups in total. The van der Waals surface area contributed by atoms with Gasteiger partial charge in [0.2, 0.25) is 0 Å². The van der Waals surface area contributed by atoms with E-state index in [0.29, 0.717) is 16.9 Å². The molecule has 0 saturated heterocycles. The first-order valence-corrected chi connectivity index (χ1v) is 5.99. The highest BCUT2D eigenvalue weighted by molar-refractivity contribution is 6.02. The van der Waals surface area contributed by atoms with Gasteiger partial charge in [0.1, 0.15) is 11.8 Å². The summed E-state index contributed by atoms with van der Waals surface area (Å²) in [5, 5.41) is 18.8. The van der Waals surface area contributed by atoms with E-state index in [-0.39, 0.29) is 12.5 Å². The molecule has 0 aromatic heterocycles. The molecule has 0 aliphatic carbocycles. The maximum absolute atomic E-state index is 12.5. The molecule has 100 valence electrons. The maximum Gasteiger partial charge on any atom is 0.259 e. The van der Waals surface area contributed by atoms with Crippen LogP contribution in [0, 0.1) is 11.3 Å². The minimum absolute atomic E-state index is 0.215. The molecule has 1 aromatic rings. The maximum atomic E-state index is 12.5. The van der Waals surface area contributed by atoms with Gasteiger partial charge in [-0.05, 0) is 19.9 Å². The van der Waals surface area contributed by atoms with Gasteiger partial charge in [-0.1, -0.05) is 12.1 Å². The largest absolute Gasteiger partial charge is 0.496 e. The number of nitriles is 1. The zero-order valence-corrected chi connectivity index (χ0v) is 11.2. The average molecular weight is 260 g/mol. The summed E-state index contributed by atoms with van der Waals surface area (Å²) in [6, 6.07) is 6.63. The van der Waals surface area contributed by atoms with Gasteiger partial charge >= 0.3 is 0 Å². The Hall–Kier alpha value is -2.06. The number of fused-ring (bicyclic) bond motifs is 1. The van der Waals surface area contributed by atoms with Crippen LogP contribution in [-0.2, 0) is 0 Å². The van der Waals surface area contributed by atoms with Crippen molar-refractivity contribution in [2.75, 3.05) is 13.7 Å². The minimum Gasteiger partial charge on any atom is -0.496 e. The minimum atomic E-state index is -0.804. The Balaban J connectivity index is 2.61. The van der Waals surface area contributed by atoms with Crippen LogP contribution in [0.4, 0.5) is 0 Å². The first kappa shape index (κ1) is 13.4. The zero-order chi connectivity index (χ0) is 14.2. The molecule has 2 rings (SSSR count). The van der Waals surface area contributed by atoms with Crippen molar-refractivity contribution in [3.05, 3.63) is 29.3 Å². The van der Waals surface area contributed by atoms with Crippen LogP contribution in [0.1, 0.15) is 35.8 Å². The Morgan fingerprint density at radius 3 is 2.74 bits per heavy atom. The predicted octanol–water partition coefficient (Wildman–Crippen LogP) is 1.49. The van der Waals surface area contributed by atoms with Gasteiger partial charge in [-0.25, -0.2) is 0 Å². The number of nitrogens with zero attached hydrogens (tertiary/aromatic N) is 2. The second-order valence-corrected chi connectivity index (χ2v) is 5.10. The fourth-order valence-electron chi connectivity index (χ4n) is 2.38. The Bertz CT molecular complexity index is 560. The summed E-state index contributed by atoms with van der Waals surface area (Å²) in [5.74, 6) is 0.178. The molecule has 1 amide bonds. The molecule has 1 aromatic carbocycles. The van der Waals surface area contributed by atoms with E-state index < -0.39 is 11.6 Å². The van der Waals surface area contributed by atoms with E-state index in [1.807, 2.05) is 0 Å². The van der Waals surface area contributed by atoms with Crippen molar-refractivity contribution in [1.29, 1.82) is 5.26 Å². The third-order valence-electron chi connectivity index (χ3n) is 3.43. The van der Waals surface area contributed by atoms with Gasteiger partial charge in [-0.3, -0.25) is 4.79 Å².